The molecule has 21 heavy (non-hydrogen) atoms. The van der Waals surface area contributed by atoms with E-state index in [9.17, 15) is 0 Å². The van der Waals surface area contributed by atoms with E-state index in [1.165, 1.54) is 12.8 Å². The number of nitrogens with zero attached hydrogens (tertiary/aromatic N) is 3. The van der Waals surface area contributed by atoms with Crippen molar-refractivity contribution in [3.8, 4) is 16.5 Å². The first-order valence-corrected chi connectivity index (χ1v) is 8.09. The fourth-order valence-electron chi connectivity index (χ4n) is 2.82. The summed E-state index contributed by atoms with van der Waals surface area (Å²) in [5.74, 6) is 0.905. The minimum absolute atomic E-state index is 0.357. The monoisotopic (exact) mass is 297 g/mol. The van der Waals surface area contributed by atoms with Crippen molar-refractivity contribution in [1.29, 1.82) is 0 Å². The average molecular weight is 297 g/mol. The summed E-state index contributed by atoms with van der Waals surface area (Å²) in [6, 6.07) is 6.04. The Labute approximate surface area is 126 Å². The molecule has 4 rings (SSSR count). The van der Waals surface area contributed by atoms with Gasteiger partial charge in [-0.05, 0) is 43.9 Å². The number of hydrogen-bond acceptors (Lipinski definition) is 5. The summed E-state index contributed by atoms with van der Waals surface area (Å²) in [6.45, 7) is 0. The molecule has 1 fully saturated rings. The van der Waals surface area contributed by atoms with Gasteiger partial charge in [0.2, 0.25) is 0 Å². The molecule has 0 amide bonds. The van der Waals surface area contributed by atoms with Crippen LogP contribution in [0.15, 0.2) is 36.1 Å². The van der Waals surface area contributed by atoms with Gasteiger partial charge in [0, 0.05) is 17.0 Å². The second-order valence-electron chi connectivity index (χ2n) is 5.26. The minimum atomic E-state index is 0.357. The maximum atomic E-state index is 6.08. The van der Waals surface area contributed by atoms with E-state index in [2.05, 4.69) is 15.0 Å². The smallest absolute Gasteiger partial charge is 0.142 e. The lowest BCUT2D eigenvalue weighted by Gasteiger charge is -2.13. The minimum Gasteiger partial charge on any atom is -0.490 e. The van der Waals surface area contributed by atoms with E-state index in [0.29, 0.717) is 6.10 Å². The molecule has 0 atom stereocenters. The van der Waals surface area contributed by atoms with Gasteiger partial charge in [-0.15, -0.1) is 11.3 Å². The van der Waals surface area contributed by atoms with Crippen LogP contribution in [0.1, 0.15) is 25.7 Å². The van der Waals surface area contributed by atoms with Crippen LogP contribution >= 0.6 is 11.3 Å². The molecule has 0 radical (unpaired) electrons. The molecule has 0 unspecified atom stereocenters. The van der Waals surface area contributed by atoms with Crippen molar-refractivity contribution in [2.24, 2.45) is 0 Å². The highest BCUT2D eigenvalue weighted by Crippen LogP contribution is 2.31. The van der Waals surface area contributed by atoms with Gasteiger partial charge in [0.15, 0.2) is 0 Å². The molecule has 0 N–H and O–H groups in total. The summed E-state index contributed by atoms with van der Waals surface area (Å²) in [7, 11) is 0. The number of benzene rings is 1. The molecule has 0 aliphatic heterocycles. The molecule has 4 nitrogen and oxygen atoms in total. The lowest BCUT2D eigenvalue weighted by Crippen LogP contribution is -2.10. The fraction of sp³-hybridized carbons (Fsp3) is 0.312. The van der Waals surface area contributed by atoms with Crippen LogP contribution in [0.4, 0.5) is 0 Å². The number of hydrogen-bond donors (Lipinski definition) is 0. The van der Waals surface area contributed by atoms with Crippen molar-refractivity contribution in [1.82, 2.24) is 15.0 Å². The topological polar surface area (TPSA) is 47.9 Å². The molecule has 2 heterocycles. The second-order valence-corrected chi connectivity index (χ2v) is 6.16. The van der Waals surface area contributed by atoms with Gasteiger partial charge in [0.25, 0.3) is 0 Å². The standard InChI is InChI=1S/C16H15N3OS/c1-2-4-11(3-1)20-12-5-6-14-13(9-12)15(19-10-18-14)16-17-7-8-21-16/h5-11H,1-4H2. The van der Waals surface area contributed by atoms with Crippen LogP contribution in [0.3, 0.4) is 0 Å². The maximum Gasteiger partial charge on any atom is 0.142 e. The van der Waals surface area contributed by atoms with Gasteiger partial charge in [-0.1, -0.05) is 0 Å². The number of aromatic nitrogens is 3. The third-order valence-corrected chi connectivity index (χ3v) is 4.63. The number of fused-ring (bicyclic) bond motifs is 1. The average Bonchev–Trinajstić information content (AvgIpc) is 3.20. The fourth-order valence-corrected chi connectivity index (χ4v) is 3.47. The Morgan fingerprint density at radius 3 is 2.81 bits per heavy atom. The SMILES string of the molecule is c1csc(-c2ncnc3ccc(OC4CCCC4)cc23)n1. The first-order valence-electron chi connectivity index (χ1n) is 7.21. The quantitative estimate of drug-likeness (QED) is 0.731. The molecule has 0 bridgehead atoms. The Hall–Kier alpha value is -2.01. The molecule has 1 saturated carbocycles. The van der Waals surface area contributed by atoms with Gasteiger partial charge in [-0.25, -0.2) is 15.0 Å². The summed E-state index contributed by atoms with van der Waals surface area (Å²) >= 11 is 1.59. The molecular formula is C16H15N3OS. The first kappa shape index (κ1) is 12.7. The molecule has 0 saturated heterocycles. The van der Waals surface area contributed by atoms with E-state index in [1.807, 2.05) is 23.6 Å². The van der Waals surface area contributed by atoms with Crippen molar-refractivity contribution in [3.05, 3.63) is 36.1 Å². The number of thiazole rings is 1. The zero-order valence-electron chi connectivity index (χ0n) is 11.5. The zero-order valence-corrected chi connectivity index (χ0v) is 12.3. The molecule has 1 aromatic carbocycles. The van der Waals surface area contributed by atoms with Crippen molar-refractivity contribution in [2.75, 3.05) is 0 Å². The summed E-state index contributed by atoms with van der Waals surface area (Å²) in [6.07, 6.45) is 8.60. The molecule has 1 aliphatic carbocycles. The normalized spacial score (nSPS) is 15.6. The summed E-state index contributed by atoms with van der Waals surface area (Å²) in [4.78, 5) is 13.1. The largest absolute Gasteiger partial charge is 0.490 e. The van der Waals surface area contributed by atoms with Gasteiger partial charge in [-0.2, -0.15) is 0 Å². The van der Waals surface area contributed by atoms with Crippen LogP contribution in [0.2, 0.25) is 0 Å². The van der Waals surface area contributed by atoms with Crippen LogP contribution in [0, 0.1) is 0 Å². The summed E-state index contributed by atoms with van der Waals surface area (Å²) < 4.78 is 6.08. The van der Waals surface area contributed by atoms with E-state index in [-0.39, 0.29) is 0 Å². The van der Waals surface area contributed by atoms with Gasteiger partial charge in [0.05, 0.1) is 11.6 Å². The molecule has 5 heteroatoms. The molecule has 3 aromatic rings. The first-order chi connectivity index (χ1) is 10.4. The second kappa shape index (κ2) is 5.41. The predicted molar refractivity (Wildman–Crippen MR) is 83.5 cm³/mol. The van der Waals surface area contributed by atoms with Crippen molar-refractivity contribution < 1.29 is 4.74 Å². The Morgan fingerprint density at radius 1 is 1.10 bits per heavy atom. The highest BCUT2D eigenvalue weighted by molar-refractivity contribution is 7.13. The van der Waals surface area contributed by atoms with Crippen LogP contribution < -0.4 is 4.74 Å². The van der Waals surface area contributed by atoms with Gasteiger partial charge < -0.3 is 4.74 Å². The molecule has 0 spiro atoms. The van der Waals surface area contributed by atoms with E-state index < -0.39 is 0 Å². The summed E-state index contributed by atoms with van der Waals surface area (Å²) in [5, 5.41) is 3.88. The molecular weight excluding hydrogens is 282 g/mol. The van der Waals surface area contributed by atoms with Crippen molar-refractivity contribution >= 4 is 22.2 Å². The Morgan fingerprint density at radius 2 is 2.00 bits per heavy atom. The molecule has 1 aliphatic rings. The van der Waals surface area contributed by atoms with Gasteiger partial charge >= 0.3 is 0 Å². The van der Waals surface area contributed by atoms with Crippen LogP contribution in [0.5, 0.6) is 5.75 Å². The van der Waals surface area contributed by atoms with E-state index in [4.69, 9.17) is 4.74 Å². The van der Waals surface area contributed by atoms with E-state index >= 15 is 0 Å². The Kier molecular flexibility index (Phi) is 3.27. The van der Waals surface area contributed by atoms with Gasteiger partial charge in [0.1, 0.15) is 22.8 Å². The number of rotatable bonds is 3. The van der Waals surface area contributed by atoms with Crippen LogP contribution in [-0.2, 0) is 0 Å². The third-order valence-electron chi connectivity index (χ3n) is 3.85. The van der Waals surface area contributed by atoms with Crippen molar-refractivity contribution in [2.45, 2.75) is 31.8 Å². The third kappa shape index (κ3) is 2.49. The van der Waals surface area contributed by atoms with E-state index in [1.54, 1.807) is 23.9 Å². The molecule has 106 valence electrons. The number of ether oxygens (including phenoxy) is 1. The maximum absolute atomic E-state index is 6.08. The Bertz CT molecular complexity index is 751. The van der Waals surface area contributed by atoms with E-state index in [0.717, 1.165) is 40.2 Å². The lowest BCUT2D eigenvalue weighted by atomic mass is 10.2. The van der Waals surface area contributed by atoms with Crippen LogP contribution in [-0.4, -0.2) is 21.1 Å². The summed E-state index contributed by atoms with van der Waals surface area (Å²) in [5.41, 5.74) is 1.81. The highest BCUT2D eigenvalue weighted by atomic mass is 32.1. The zero-order chi connectivity index (χ0) is 14.1. The highest BCUT2D eigenvalue weighted by Gasteiger charge is 2.17. The Balaban J connectivity index is 1.76. The molecule has 2 aromatic heterocycles. The van der Waals surface area contributed by atoms with Crippen LogP contribution in [0.25, 0.3) is 21.6 Å². The predicted octanol–water partition coefficient (Wildman–Crippen LogP) is 4.07. The lowest BCUT2D eigenvalue weighted by molar-refractivity contribution is 0.210. The van der Waals surface area contributed by atoms with Gasteiger partial charge in [-0.3, -0.25) is 0 Å². The van der Waals surface area contributed by atoms with Crippen molar-refractivity contribution in [3.63, 3.8) is 0 Å².